The van der Waals surface area contributed by atoms with Gasteiger partial charge >= 0.3 is 0 Å². The molecule has 0 fully saturated rings. The van der Waals surface area contributed by atoms with Gasteiger partial charge in [0.1, 0.15) is 0 Å². The molecule has 88 valence electrons. The smallest absolute Gasteiger partial charge is 0.0302 e. The maximum absolute atomic E-state index is 2.20. The lowest BCUT2D eigenvalue weighted by atomic mass is 10.0. The van der Waals surface area contributed by atoms with E-state index in [0.717, 1.165) is 6.42 Å². The molecule has 0 saturated heterocycles. The van der Waals surface area contributed by atoms with E-state index in [1.54, 1.807) is 0 Å². The van der Waals surface area contributed by atoms with Crippen LogP contribution >= 0.6 is 0 Å². The van der Waals surface area contributed by atoms with E-state index in [4.69, 9.17) is 0 Å². The fraction of sp³-hybridized carbons (Fsp3) is 0.600. The summed E-state index contributed by atoms with van der Waals surface area (Å²) in [6, 6.07) is 6.46. The summed E-state index contributed by atoms with van der Waals surface area (Å²) < 4.78 is 0. The Kier molecular flexibility index (Phi) is 12.5. The van der Waals surface area contributed by atoms with Crippen LogP contribution in [0.15, 0.2) is 18.2 Å². The third kappa shape index (κ3) is 7.18. The third-order valence-electron chi connectivity index (χ3n) is 2.00. The molecule has 1 aromatic carbocycles. The van der Waals surface area contributed by atoms with Gasteiger partial charge in [-0.2, -0.15) is 0 Å². The fourth-order valence-electron chi connectivity index (χ4n) is 1.41. The second kappa shape index (κ2) is 11.3. The number of hydrogen-bond acceptors (Lipinski definition) is 0. The highest BCUT2D eigenvalue weighted by atomic mass is 14.0. The molecule has 15 heavy (non-hydrogen) atoms. The largest absolute Gasteiger partial charge is 0.0683 e. The van der Waals surface area contributed by atoms with Gasteiger partial charge in [0.05, 0.1) is 0 Å². The Morgan fingerprint density at radius 2 is 1.20 bits per heavy atom. The van der Waals surface area contributed by atoms with E-state index in [2.05, 4.69) is 52.8 Å². The molecule has 1 rings (SSSR count). The molecule has 0 heterocycles. The highest BCUT2D eigenvalue weighted by Gasteiger charge is 1.96. The average molecular weight is 208 g/mol. The molecule has 0 N–H and O–H groups in total. The van der Waals surface area contributed by atoms with E-state index in [1.807, 2.05) is 13.8 Å². The van der Waals surface area contributed by atoms with Gasteiger partial charge in [0.2, 0.25) is 0 Å². The molecular formula is C15H28. The average Bonchev–Trinajstić information content (AvgIpc) is 2.22. The van der Waals surface area contributed by atoms with Crippen molar-refractivity contribution in [3.8, 4) is 0 Å². The van der Waals surface area contributed by atoms with Crippen molar-refractivity contribution in [3.63, 3.8) is 0 Å². The fourth-order valence-corrected chi connectivity index (χ4v) is 1.41. The highest BCUT2D eigenvalue weighted by Crippen LogP contribution is 2.12. The van der Waals surface area contributed by atoms with Gasteiger partial charge in [-0.25, -0.2) is 0 Å². The SMILES string of the molecule is CC.CCC.CCc1c(C)cccc1C. The van der Waals surface area contributed by atoms with Crippen LogP contribution in [0, 0.1) is 13.8 Å². The van der Waals surface area contributed by atoms with Crippen LogP contribution in [0.4, 0.5) is 0 Å². The minimum absolute atomic E-state index is 1.15. The van der Waals surface area contributed by atoms with Gasteiger partial charge in [-0.1, -0.05) is 59.2 Å². The molecule has 0 atom stereocenters. The van der Waals surface area contributed by atoms with E-state index in [-0.39, 0.29) is 0 Å². The summed E-state index contributed by atoms with van der Waals surface area (Å²) in [4.78, 5) is 0. The lowest BCUT2D eigenvalue weighted by molar-refractivity contribution is 1.08. The molecule has 0 radical (unpaired) electrons. The van der Waals surface area contributed by atoms with Crippen molar-refractivity contribution < 1.29 is 0 Å². The van der Waals surface area contributed by atoms with Crippen LogP contribution in [0.25, 0.3) is 0 Å². The molecule has 0 saturated carbocycles. The molecule has 0 heteroatoms. The summed E-state index contributed by atoms with van der Waals surface area (Å²) in [6.45, 7) is 14.8. The molecule has 0 aliphatic rings. The lowest BCUT2D eigenvalue weighted by Gasteiger charge is -2.04. The minimum atomic E-state index is 1.15. The van der Waals surface area contributed by atoms with Crippen molar-refractivity contribution in [1.82, 2.24) is 0 Å². The van der Waals surface area contributed by atoms with Crippen LogP contribution < -0.4 is 0 Å². The molecule has 0 bridgehead atoms. The monoisotopic (exact) mass is 208 g/mol. The van der Waals surface area contributed by atoms with Gasteiger partial charge in [0.25, 0.3) is 0 Å². The van der Waals surface area contributed by atoms with Gasteiger partial charge < -0.3 is 0 Å². The van der Waals surface area contributed by atoms with Crippen molar-refractivity contribution >= 4 is 0 Å². The molecule has 0 spiro atoms. The normalized spacial score (nSPS) is 8.20. The Bertz CT molecular complexity index is 216. The zero-order chi connectivity index (χ0) is 12.3. The van der Waals surface area contributed by atoms with Crippen molar-refractivity contribution in [2.45, 2.75) is 61.3 Å². The van der Waals surface area contributed by atoms with Crippen LogP contribution in [0.3, 0.4) is 0 Å². The number of aryl methyl sites for hydroxylation is 2. The molecule has 1 aromatic rings. The van der Waals surface area contributed by atoms with Crippen molar-refractivity contribution in [2.24, 2.45) is 0 Å². The highest BCUT2D eigenvalue weighted by molar-refractivity contribution is 5.33. The summed E-state index contributed by atoms with van der Waals surface area (Å²) in [5.41, 5.74) is 4.34. The minimum Gasteiger partial charge on any atom is -0.0683 e. The molecule has 0 aliphatic carbocycles. The number of rotatable bonds is 1. The van der Waals surface area contributed by atoms with Crippen LogP contribution in [-0.2, 0) is 6.42 Å². The summed E-state index contributed by atoms with van der Waals surface area (Å²) in [5, 5.41) is 0. The first kappa shape index (κ1) is 16.6. The molecule has 0 aromatic heterocycles. The zero-order valence-electron chi connectivity index (χ0n) is 11.6. The van der Waals surface area contributed by atoms with E-state index in [9.17, 15) is 0 Å². The first-order valence-electron chi connectivity index (χ1n) is 6.22. The molecule has 0 unspecified atom stereocenters. The first-order chi connectivity index (χ1) is 7.17. The van der Waals surface area contributed by atoms with Gasteiger partial charge in [0, 0.05) is 0 Å². The summed E-state index contributed by atoms with van der Waals surface area (Å²) in [6.07, 6.45) is 2.40. The van der Waals surface area contributed by atoms with Crippen LogP contribution in [0.2, 0.25) is 0 Å². The topological polar surface area (TPSA) is 0 Å². The Balaban J connectivity index is 0. The third-order valence-corrected chi connectivity index (χ3v) is 2.00. The van der Waals surface area contributed by atoms with Gasteiger partial charge in [0.15, 0.2) is 0 Å². The summed E-state index contributed by atoms with van der Waals surface area (Å²) in [5.74, 6) is 0. The quantitative estimate of drug-likeness (QED) is 0.587. The predicted molar refractivity (Wildman–Crippen MR) is 72.6 cm³/mol. The van der Waals surface area contributed by atoms with Gasteiger partial charge in [-0.3, -0.25) is 0 Å². The Hall–Kier alpha value is -0.780. The van der Waals surface area contributed by atoms with Crippen molar-refractivity contribution in [2.75, 3.05) is 0 Å². The summed E-state index contributed by atoms with van der Waals surface area (Å²) in [7, 11) is 0. The lowest BCUT2D eigenvalue weighted by Crippen LogP contribution is -1.89. The van der Waals surface area contributed by atoms with Crippen molar-refractivity contribution in [1.29, 1.82) is 0 Å². The van der Waals surface area contributed by atoms with E-state index < -0.39 is 0 Å². The van der Waals surface area contributed by atoms with Gasteiger partial charge in [-0.05, 0) is 37.0 Å². The Labute approximate surface area is 96.7 Å². The Morgan fingerprint density at radius 1 is 0.867 bits per heavy atom. The summed E-state index contributed by atoms with van der Waals surface area (Å²) >= 11 is 0. The maximum Gasteiger partial charge on any atom is -0.0302 e. The standard InChI is InChI=1S/C10H14.C3H8.C2H6/c1-4-10-8(2)6-5-7-9(10)3;1-3-2;1-2/h5-7H,4H2,1-3H3;3H2,1-2H3;1-2H3. The maximum atomic E-state index is 2.20. The van der Waals surface area contributed by atoms with Crippen LogP contribution in [-0.4, -0.2) is 0 Å². The molecule has 0 amide bonds. The Morgan fingerprint density at radius 3 is 1.40 bits per heavy atom. The molecule has 0 nitrogen and oxygen atoms in total. The van der Waals surface area contributed by atoms with Crippen molar-refractivity contribution in [3.05, 3.63) is 34.9 Å². The van der Waals surface area contributed by atoms with E-state index >= 15 is 0 Å². The molecular weight excluding hydrogens is 180 g/mol. The van der Waals surface area contributed by atoms with Gasteiger partial charge in [-0.15, -0.1) is 0 Å². The van der Waals surface area contributed by atoms with E-state index in [1.165, 1.54) is 23.1 Å². The second-order valence-corrected chi connectivity index (χ2v) is 3.43. The number of benzene rings is 1. The van der Waals surface area contributed by atoms with Crippen LogP contribution in [0.5, 0.6) is 0 Å². The van der Waals surface area contributed by atoms with Crippen LogP contribution in [0.1, 0.15) is 57.7 Å². The molecule has 0 aliphatic heterocycles. The second-order valence-electron chi connectivity index (χ2n) is 3.43. The predicted octanol–water partition coefficient (Wildman–Crippen LogP) is 5.31. The first-order valence-corrected chi connectivity index (χ1v) is 6.22. The zero-order valence-corrected chi connectivity index (χ0v) is 11.6. The van der Waals surface area contributed by atoms with E-state index in [0.29, 0.717) is 0 Å². The number of hydrogen-bond donors (Lipinski definition) is 0.